The van der Waals surface area contributed by atoms with Gasteiger partial charge in [0.25, 0.3) is 0 Å². The monoisotopic (exact) mass is 904 g/mol. The number of hydrogen-bond acceptors (Lipinski definition) is 13. The molecule has 322 valence electrons. The number of amides is 2. The number of nitrogens with one attached hydrogen (secondary N) is 2. The van der Waals surface area contributed by atoms with Gasteiger partial charge in [0.05, 0.1) is 34.7 Å². The summed E-state index contributed by atoms with van der Waals surface area (Å²) < 4.78 is 53.1. The van der Waals surface area contributed by atoms with Crippen molar-refractivity contribution in [2.45, 2.75) is 31.6 Å². The summed E-state index contributed by atoms with van der Waals surface area (Å²) >= 11 is 12.0. The van der Waals surface area contributed by atoms with E-state index in [2.05, 4.69) is 23.8 Å². The highest BCUT2D eigenvalue weighted by molar-refractivity contribution is 7.87. The number of ether oxygens (including phenoxy) is 4. The Morgan fingerprint density at radius 1 is 0.581 bits per heavy atom. The minimum Gasteiger partial charge on any atom is -0.462 e. The van der Waals surface area contributed by atoms with Crippen LogP contribution in [0, 0.1) is 0 Å². The molecule has 0 spiro atoms. The van der Waals surface area contributed by atoms with E-state index in [1.807, 2.05) is 0 Å². The number of allylic oxidation sites excluding steroid dienone is 2. The van der Waals surface area contributed by atoms with Gasteiger partial charge >= 0.3 is 22.1 Å². The fourth-order valence-corrected chi connectivity index (χ4v) is 5.99. The second kappa shape index (κ2) is 22.6. The molecule has 0 aliphatic rings. The Labute approximate surface area is 366 Å². The van der Waals surface area contributed by atoms with Crippen molar-refractivity contribution in [3.05, 3.63) is 144 Å². The highest BCUT2D eigenvalue weighted by Gasteiger charge is 2.19. The van der Waals surface area contributed by atoms with Crippen LogP contribution in [0.5, 0.6) is 28.7 Å². The summed E-state index contributed by atoms with van der Waals surface area (Å²) in [4.78, 5) is 72.6. The molecule has 4 rings (SSSR count). The van der Waals surface area contributed by atoms with E-state index in [1.54, 1.807) is 42.5 Å². The van der Waals surface area contributed by atoms with Crippen molar-refractivity contribution >= 4 is 80.0 Å². The Morgan fingerprint density at radius 3 is 1.35 bits per heavy atom. The molecule has 15 nitrogen and oxygen atoms in total. The summed E-state index contributed by atoms with van der Waals surface area (Å²) in [6.45, 7) is 9.34. The van der Waals surface area contributed by atoms with Crippen LogP contribution >= 0.6 is 23.2 Å². The maximum atomic E-state index is 13.1. The average molecular weight is 906 g/mol. The Balaban J connectivity index is 1.32. The van der Waals surface area contributed by atoms with Crippen molar-refractivity contribution in [3.63, 3.8) is 0 Å². The standard InChI is InChI=1S/C44H38Cl2N2O13S/c1-27(2)43(53)57-23-21-37(49)33(45)25-41(51)47-35-9-5-7-11-39(35)59-29-13-15-31(16-14-29)61-62(55,56)32-19-17-30(18-20-32)60-40-12-8-6-10-36(40)48-42(52)26-34(46)38(50)22-24-58-44(54)28(3)4/h5-20,25-26H,1,3,21-24H2,2,4H3,(H,47,51)(H,48,52). The van der Waals surface area contributed by atoms with Crippen molar-refractivity contribution in [1.29, 1.82) is 0 Å². The number of rotatable bonds is 21. The van der Waals surface area contributed by atoms with Gasteiger partial charge in [-0.3, -0.25) is 19.2 Å². The van der Waals surface area contributed by atoms with Crippen LogP contribution in [0.1, 0.15) is 26.7 Å². The molecule has 0 saturated heterocycles. The second-order valence-corrected chi connectivity index (χ2v) is 15.2. The summed E-state index contributed by atoms with van der Waals surface area (Å²) in [5.74, 6) is -3.20. The van der Waals surface area contributed by atoms with Gasteiger partial charge in [0.15, 0.2) is 23.1 Å². The van der Waals surface area contributed by atoms with Crippen LogP contribution in [0.15, 0.2) is 148 Å². The first-order valence-electron chi connectivity index (χ1n) is 18.2. The van der Waals surface area contributed by atoms with E-state index in [-0.39, 0.29) is 92.3 Å². The number of halogens is 2. The smallest absolute Gasteiger partial charge is 0.339 e. The Hall–Kier alpha value is -7.01. The second-order valence-electron chi connectivity index (χ2n) is 12.8. The molecule has 0 unspecified atom stereocenters. The van der Waals surface area contributed by atoms with E-state index >= 15 is 0 Å². The first kappa shape index (κ1) is 47.7. The van der Waals surface area contributed by atoms with Gasteiger partial charge in [-0.15, -0.1) is 0 Å². The van der Waals surface area contributed by atoms with Gasteiger partial charge in [-0.05, 0) is 86.6 Å². The molecule has 62 heavy (non-hydrogen) atoms. The minimum atomic E-state index is -4.32. The van der Waals surface area contributed by atoms with Crippen LogP contribution in [-0.4, -0.2) is 57.0 Å². The van der Waals surface area contributed by atoms with Crippen molar-refractivity contribution in [1.82, 2.24) is 0 Å². The van der Waals surface area contributed by atoms with Gasteiger partial charge in [-0.2, -0.15) is 8.42 Å². The lowest BCUT2D eigenvalue weighted by Crippen LogP contribution is -2.13. The topological polar surface area (TPSA) is 207 Å². The average Bonchev–Trinajstić information content (AvgIpc) is 3.22. The molecule has 0 bridgehead atoms. The quantitative estimate of drug-likeness (QED) is 0.0459. The van der Waals surface area contributed by atoms with Crippen LogP contribution in [0.2, 0.25) is 0 Å². The molecule has 2 amide bonds. The number of para-hydroxylation sites is 4. The lowest BCUT2D eigenvalue weighted by Gasteiger charge is -2.13. The van der Waals surface area contributed by atoms with Gasteiger partial charge in [-0.1, -0.05) is 60.6 Å². The Bertz CT molecular complexity index is 2550. The van der Waals surface area contributed by atoms with E-state index < -0.39 is 45.4 Å². The number of Topliss-reactive ketones (excluding diaryl/α,β-unsaturated/α-hetero) is 2. The molecular weight excluding hydrogens is 867 g/mol. The van der Waals surface area contributed by atoms with Crippen molar-refractivity contribution in [3.8, 4) is 28.7 Å². The Kier molecular flexibility index (Phi) is 17.3. The van der Waals surface area contributed by atoms with Crippen LogP contribution in [0.3, 0.4) is 0 Å². The van der Waals surface area contributed by atoms with E-state index in [0.717, 1.165) is 12.2 Å². The zero-order valence-corrected chi connectivity index (χ0v) is 35.4. The van der Waals surface area contributed by atoms with Crippen LogP contribution in [0.25, 0.3) is 0 Å². The van der Waals surface area contributed by atoms with Crippen molar-refractivity contribution in [2.75, 3.05) is 23.8 Å². The third-order valence-corrected chi connectivity index (χ3v) is 9.66. The molecule has 4 aromatic rings. The molecule has 4 aromatic carbocycles. The van der Waals surface area contributed by atoms with Crippen molar-refractivity contribution in [2.24, 2.45) is 0 Å². The van der Waals surface area contributed by atoms with Gasteiger partial charge < -0.3 is 33.8 Å². The van der Waals surface area contributed by atoms with Crippen molar-refractivity contribution < 1.29 is 60.3 Å². The summed E-state index contributed by atoms with van der Waals surface area (Å²) in [6.07, 6.45) is 1.28. The number of carbonyl (C=O) groups is 6. The van der Waals surface area contributed by atoms with Crippen LogP contribution in [0.4, 0.5) is 11.4 Å². The molecule has 0 heterocycles. The number of ketones is 2. The third kappa shape index (κ3) is 14.9. The zero-order chi connectivity index (χ0) is 45.4. The lowest BCUT2D eigenvalue weighted by molar-refractivity contribution is -0.140. The molecule has 18 heteroatoms. The fraction of sp³-hybridized carbons (Fsp3) is 0.136. The lowest BCUT2D eigenvalue weighted by atomic mass is 10.2. The van der Waals surface area contributed by atoms with Crippen LogP contribution in [-0.2, 0) is 48.4 Å². The predicted molar refractivity (Wildman–Crippen MR) is 230 cm³/mol. The minimum absolute atomic E-state index is 0.0372. The predicted octanol–water partition coefficient (Wildman–Crippen LogP) is 8.32. The molecule has 0 radical (unpaired) electrons. The number of carbonyl (C=O) groups excluding carboxylic acids is 6. The number of anilines is 2. The third-order valence-electron chi connectivity index (χ3n) is 7.76. The number of benzene rings is 4. The highest BCUT2D eigenvalue weighted by atomic mass is 35.5. The van der Waals surface area contributed by atoms with Gasteiger partial charge in [0.2, 0.25) is 11.8 Å². The summed E-state index contributed by atoms with van der Waals surface area (Å²) in [5.41, 5.74) is 0.786. The maximum Gasteiger partial charge on any atom is 0.339 e. The summed E-state index contributed by atoms with van der Waals surface area (Å²) in [5, 5.41) is 4.39. The van der Waals surface area contributed by atoms with Gasteiger partial charge in [0, 0.05) is 36.1 Å². The van der Waals surface area contributed by atoms with E-state index in [1.165, 1.54) is 68.4 Å². The molecule has 0 aliphatic heterocycles. The number of hydrogen-bond donors (Lipinski definition) is 2. The molecule has 0 saturated carbocycles. The zero-order valence-electron chi connectivity index (χ0n) is 33.1. The highest BCUT2D eigenvalue weighted by Crippen LogP contribution is 2.33. The molecule has 0 atom stereocenters. The Morgan fingerprint density at radius 2 is 0.952 bits per heavy atom. The SMILES string of the molecule is C=C(C)C(=O)OCCC(=O)C(Cl)=CC(=O)Nc1ccccc1Oc1ccc(OS(=O)(=O)c2ccc(Oc3ccccc3NC(=O)C=C(Cl)C(=O)CCOC(=O)C(=C)C)cc2)cc1. The molecule has 2 N–H and O–H groups in total. The normalized spacial score (nSPS) is 11.4. The van der Waals surface area contributed by atoms with E-state index in [0.29, 0.717) is 0 Å². The first-order chi connectivity index (χ1) is 29.4. The first-order valence-corrected chi connectivity index (χ1v) is 20.3. The van der Waals surface area contributed by atoms with Gasteiger partial charge in [-0.25, -0.2) is 9.59 Å². The summed E-state index contributed by atoms with van der Waals surface area (Å²) in [7, 11) is -4.32. The van der Waals surface area contributed by atoms with Gasteiger partial charge in [0.1, 0.15) is 22.1 Å². The van der Waals surface area contributed by atoms with E-state index in [4.69, 9.17) is 46.3 Å². The molecular formula is C44H38Cl2N2O13S. The molecule has 0 aliphatic carbocycles. The maximum absolute atomic E-state index is 13.1. The molecule has 0 fully saturated rings. The largest absolute Gasteiger partial charge is 0.462 e. The van der Waals surface area contributed by atoms with E-state index in [9.17, 15) is 37.2 Å². The van der Waals surface area contributed by atoms with Crippen LogP contribution < -0.4 is 24.3 Å². The summed E-state index contributed by atoms with van der Waals surface area (Å²) in [6, 6.07) is 23.6. The fourth-order valence-electron chi connectivity index (χ4n) is 4.67. The molecule has 0 aromatic heterocycles. The number of esters is 2.